The van der Waals surface area contributed by atoms with Gasteiger partial charge in [0, 0.05) is 11.1 Å². The van der Waals surface area contributed by atoms with Crippen molar-refractivity contribution in [3.63, 3.8) is 0 Å². The van der Waals surface area contributed by atoms with Gasteiger partial charge in [0.25, 0.3) is 0 Å². The number of carbonyl (C=O) groups excluding carboxylic acids is 2. The summed E-state index contributed by atoms with van der Waals surface area (Å²) in [5, 5.41) is 15.9. The molecule has 0 saturated carbocycles. The van der Waals surface area contributed by atoms with Gasteiger partial charge in [0.15, 0.2) is 0 Å². The molecular weight excluding hydrogens is 384 g/mol. The summed E-state index contributed by atoms with van der Waals surface area (Å²) in [4.78, 5) is 24.2. The van der Waals surface area contributed by atoms with Gasteiger partial charge in [-0.25, -0.2) is 9.59 Å². The van der Waals surface area contributed by atoms with Crippen LogP contribution in [0.4, 0.5) is 0 Å². The van der Waals surface area contributed by atoms with Gasteiger partial charge in [-0.3, -0.25) is 0 Å². The van der Waals surface area contributed by atoms with Crippen LogP contribution in [0.25, 0.3) is 0 Å². The Labute approximate surface area is 174 Å². The van der Waals surface area contributed by atoms with E-state index in [1.165, 1.54) is 0 Å². The Hall–Kier alpha value is -3.42. The van der Waals surface area contributed by atoms with Crippen LogP contribution >= 0.6 is 0 Å². The van der Waals surface area contributed by atoms with Gasteiger partial charge in [-0.1, -0.05) is 24.3 Å². The van der Waals surface area contributed by atoms with Crippen LogP contribution in [0.3, 0.4) is 0 Å². The Kier molecular flexibility index (Phi) is 5.15. The predicted octanol–water partition coefficient (Wildman–Crippen LogP) is 4.76. The van der Waals surface area contributed by atoms with Crippen molar-refractivity contribution in [2.45, 2.75) is 38.0 Å². The fourth-order valence-corrected chi connectivity index (χ4v) is 2.93. The fourth-order valence-electron chi connectivity index (χ4n) is 2.93. The molecule has 0 aromatic heterocycles. The van der Waals surface area contributed by atoms with Crippen molar-refractivity contribution >= 4 is 11.9 Å². The molecule has 0 amide bonds. The van der Waals surface area contributed by atoms with Crippen LogP contribution in [0.1, 0.15) is 58.5 Å². The number of nitrogens with zero attached hydrogens (tertiary/aromatic N) is 4. The first-order chi connectivity index (χ1) is 14.4. The first kappa shape index (κ1) is 19.9. The summed E-state index contributed by atoms with van der Waals surface area (Å²) < 4.78 is 10.5. The molecule has 8 heteroatoms. The zero-order valence-corrected chi connectivity index (χ0v) is 16.9. The van der Waals surface area contributed by atoms with Crippen LogP contribution in [-0.4, -0.2) is 25.2 Å². The number of carbonyl (C=O) groups is 2. The number of ether oxygens (including phenoxy) is 2. The highest BCUT2D eigenvalue weighted by Crippen LogP contribution is 2.39. The lowest BCUT2D eigenvalue weighted by molar-refractivity contribution is 0.0432. The largest absolute Gasteiger partial charge is 0.462 e. The topological polar surface area (TPSA) is 102 Å². The third-order valence-corrected chi connectivity index (χ3v) is 5.14. The maximum Gasteiger partial charge on any atom is 0.338 e. The second-order valence-corrected chi connectivity index (χ2v) is 7.58. The molecule has 0 unspecified atom stereocenters. The minimum Gasteiger partial charge on any atom is -0.462 e. The Balaban J connectivity index is 1.12. The Morgan fingerprint density at radius 1 is 0.667 bits per heavy atom. The van der Waals surface area contributed by atoms with Crippen molar-refractivity contribution in [2.75, 3.05) is 13.2 Å². The number of hydrogen-bond donors (Lipinski definition) is 0. The van der Waals surface area contributed by atoms with Gasteiger partial charge in [0.2, 0.25) is 11.3 Å². The lowest BCUT2D eigenvalue weighted by Crippen LogP contribution is -2.10. The average Bonchev–Trinajstić information content (AvgIpc) is 3.69. The number of rotatable bonds is 9. The maximum absolute atomic E-state index is 12.1. The zero-order valence-electron chi connectivity index (χ0n) is 16.9. The fraction of sp³-hybridized carbons (Fsp3) is 0.364. The van der Waals surface area contributed by atoms with Crippen LogP contribution in [0.15, 0.2) is 69.0 Å². The van der Waals surface area contributed by atoms with Crippen LogP contribution in [0.2, 0.25) is 0 Å². The molecule has 2 aromatic carbocycles. The highest BCUT2D eigenvalue weighted by molar-refractivity contribution is 5.90. The van der Waals surface area contributed by atoms with Crippen LogP contribution in [-0.2, 0) is 20.8 Å². The molecule has 2 aliphatic heterocycles. The summed E-state index contributed by atoms with van der Waals surface area (Å²) in [6.45, 7) is 4.34. The third kappa shape index (κ3) is 4.42. The first-order valence-corrected chi connectivity index (χ1v) is 9.83. The van der Waals surface area contributed by atoms with Gasteiger partial charge in [0.05, 0.1) is 24.3 Å². The van der Waals surface area contributed by atoms with Crippen molar-refractivity contribution in [1.82, 2.24) is 0 Å². The van der Waals surface area contributed by atoms with E-state index in [1.54, 1.807) is 24.3 Å². The number of hydrogen-bond acceptors (Lipinski definition) is 8. The van der Waals surface area contributed by atoms with Crippen molar-refractivity contribution in [3.8, 4) is 0 Å². The quantitative estimate of drug-likeness (QED) is 0.442. The lowest BCUT2D eigenvalue weighted by atomic mass is 10.0. The van der Waals surface area contributed by atoms with Crippen LogP contribution < -0.4 is 0 Å². The van der Waals surface area contributed by atoms with Crippen LogP contribution in [0.5, 0.6) is 0 Å². The SMILES string of the molecule is CC1(c2ccc(C(=O)OCCCCOC(=O)c3ccc(C4(C)N=N4)cc3)cc2)N=N1. The molecule has 0 spiro atoms. The highest BCUT2D eigenvalue weighted by Gasteiger charge is 2.36. The first-order valence-electron chi connectivity index (χ1n) is 9.83. The molecule has 154 valence electrons. The van der Waals surface area contributed by atoms with Gasteiger partial charge in [-0.2, -0.15) is 20.5 Å². The molecule has 2 heterocycles. The Bertz CT molecular complexity index is 917. The summed E-state index contributed by atoms with van der Waals surface area (Å²) in [6.07, 6.45) is 1.21. The van der Waals surface area contributed by atoms with E-state index < -0.39 is 11.3 Å². The maximum atomic E-state index is 12.1. The molecule has 0 saturated heterocycles. The molecule has 8 nitrogen and oxygen atoms in total. The zero-order chi connectivity index (χ0) is 21.2. The van der Waals surface area contributed by atoms with Crippen molar-refractivity contribution < 1.29 is 19.1 Å². The number of esters is 2. The third-order valence-electron chi connectivity index (χ3n) is 5.14. The monoisotopic (exact) mass is 406 g/mol. The second kappa shape index (κ2) is 7.78. The van der Waals surface area contributed by atoms with E-state index in [2.05, 4.69) is 20.5 Å². The smallest absolute Gasteiger partial charge is 0.338 e. The van der Waals surface area contributed by atoms with E-state index in [9.17, 15) is 9.59 Å². The van der Waals surface area contributed by atoms with Gasteiger partial charge < -0.3 is 9.47 Å². The Morgan fingerprint density at radius 3 is 1.30 bits per heavy atom. The summed E-state index contributed by atoms with van der Waals surface area (Å²) in [7, 11) is 0. The van der Waals surface area contributed by atoms with E-state index in [-0.39, 0.29) is 25.2 Å². The van der Waals surface area contributed by atoms with Crippen LogP contribution in [0, 0.1) is 0 Å². The molecule has 0 bridgehead atoms. The summed E-state index contributed by atoms with van der Waals surface area (Å²) in [6, 6.07) is 14.2. The molecule has 2 aliphatic rings. The van der Waals surface area contributed by atoms with E-state index in [4.69, 9.17) is 9.47 Å². The van der Waals surface area contributed by atoms with Gasteiger partial charge in [-0.15, -0.1) is 0 Å². The van der Waals surface area contributed by atoms with Gasteiger partial charge in [0.1, 0.15) is 0 Å². The summed E-state index contributed by atoms with van der Waals surface area (Å²) >= 11 is 0. The average molecular weight is 406 g/mol. The molecular formula is C22H22N4O4. The predicted molar refractivity (Wildman–Crippen MR) is 107 cm³/mol. The molecule has 0 aliphatic carbocycles. The van der Waals surface area contributed by atoms with Gasteiger partial charge in [-0.05, 0) is 51.0 Å². The molecule has 0 fully saturated rings. The molecule has 0 radical (unpaired) electrons. The summed E-state index contributed by atoms with van der Waals surface area (Å²) in [5.74, 6) is -0.757. The lowest BCUT2D eigenvalue weighted by Gasteiger charge is -2.08. The minimum absolute atomic E-state index is 0.265. The normalized spacial score (nSPS) is 16.7. The molecule has 30 heavy (non-hydrogen) atoms. The van der Waals surface area contributed by atoms with E-state index in [1.807, 2.05) is 38.1 Å². The second-order valence-electron chi connectivity index (χ2n) is 7.58. The van der Waals surface area contributed by atoms with E-state index >= 15 is 0 Å². The minimum atomic E-state index is -0.455. The van der Waals surface area contributed by atoms with Crippen molar-refractivity contribution in [1.29, 1.82) is 0 Å². The van der Waals surface area contributed by atoms with E-state index in [0.717, 1.165) is 11.1 Å². The van der Waals surface area contributed by atoms with Crippen molar-refractivity contribution in [2.24, 2.45) is 20.5 Å². The molecule has 0 atom stereocenters. The van der Waals surface area contributed by atoms with Gasteiger partial charge >= 0.3 is 11.9 Å². The number of unbranched alkanes of at least 4 members (excludes halogenated alkanes) is 1. The van der Waals surface area contributed by atoms with Crippen molar-refractivity contribution in [3.05, 3.63) is 70.8 Å². The molecule has 0 N–H and O–H groups in total. The molecule has 4 rings (SSSR count). The highest BCUT2D eigenvalue weighted by atomic mass is 16.5. The standard InChI is InChI=1S/C22H22N4O4/c1-21(23-24-21)17-9-5-15(6-10-17)19(27)29-13-3-4-14-30-20(28)16-7-11-18(12-8-16)22(2)25-26-22/h5-12H,3-4,13-14H2,1-2H3. The van der Waals surface area contributed by atoms with E-state index in [0.29, 0.717) is 24.0 Å². The molecule has 2 aromatic rings. The summed E-state index contributed by atoms with van der Waals surface area (Å²) in [5.41, 5.74) is 1.95. The Morgan fingerprint density at radius 2 is 1.00 bits per heavy atom. The number of benzene rings is 2.